The number of rotatable bonds is 6. The molecule has 0 aromatic heterocycles. The molecule has 1 heterocycles. The summed E-state index contributed by atoms with van der Waals surface area (Å²) in [6.45, 7) is 4.83. The second kappa shape index (κ2) is 9.11. The lowest BCUT2D eigenvalue weighted by Gasteiger charge is -2.34. The van der Waals surface area contributed by atoms with Gasteiger partial charge in [0.2, 0.25) is 10.0 Å². The summed E-state index contributed by atoms with van der Waals surface area (Å²) >= 11 is 0. The van der Waals surface area contributed by atoms with Crippen molar-refractivity contribution < 1.29 is 36.2 Å². The van der Waals surface area contributed by atoms with Crippen LogP contribution in [0.1, 0.15) is 40.0 Å². The molecular weight excluding hydrogens is 485 g/mol. The molecule has 2 aromatic rings. The van der Waals surface area contributed by atoms with Gasteiger partial charge in [-0.15, -0.1) is 13.2 Å². The van der Waals surface area contributed by atoms with E-state index < -0.39 is 33.0 Å². The summed E-state index contributed by atoms with van der Waals surface area (Å²) in [6, 6.07) is 9.08. The fourth-order valence-corrected chi connectivity index (χ4v) is 7.45. The predicted octanol–water partition coefficient (Wildman–Crippen LogP) is 3.41. The monoisotopic (exact) mass is 512 g/mol. The first kappa shape index (κ1) is 25.5. The standard InChI is InChI=1S/C24H27F3N2O5S/c1-15-11-17(13-16-3-5-18(6-4-16)34-24(25,26)27)20-14-23(2,22(30)31)21(19(20)12-15)35(32,33)29-9-7-28-8-10-29/h3-6,11-12,21,28H,7-10,13-14H2,1-2H3,(H,30,31). The highest BCUT2D eigenvalue weighted by Crippen LogP contribution is 2.52. The van der Waals surface area contributed by atoms with Gasteiger partial charge in [-0.25, -0.2) is 8.42 Å². The average molecular weight is 513 g/mol. The van der Waals surface area contributed by atoms with Crippen LogP contribution in [0.5, 0.6) is 5.75 Å². The van der Waals surface area contributed by atoms with Crippen molar-refractivity contribution in [3.63, 3.8) is 0 Å². The zero-order chi connectivity index (χ0) is 25.6. The first-order chi connectivity index (χ1) is 16.3. The topological polar surface area (TPSA) is 95.9 Å². The highest BCUT2D eigenvalue weighted by atomic mass is 32.2. The summed E-state index contributed by atoms with van der Waals surface area (Å²) < 4.78 is 70.1. The summed E-state index contributed by atoms with van der Waals surface area (Å²) in [6.07, 6.45) is -4.43. The molecule has 0 amide bonds. The maximum Gasteiger partial charge on any atom is 0.573 e. The lowest BCUT2D eigenvalue weighted by atomic mass is 9.86. The van der Waals surface area contributed by atoms with Crippen molar-refractivity contribution in [3.05, 3.63) is 64.2 Å². The minimum atomic E-state index is -4.79. The molecule has 0 spiro atoms. The fraction of sp³-hybridized carbons (Fsp3) is 0.458. The van der Waals surface area contributed by atoms with Crippen molar-refractivity contribution in [2.24, 2.45) is 5.41 Å². The van der Waals surface area contributed by atoms with Crippen molar-refractivity contribution in [1.29, 1.82) is 0 Å². The summed E-state index contributed by atoms with van der Waals surface area (Å²) in [5.74, 6) is -1.52. The Kier molecular flexibility index (Phi) is 6.62. The molecule has 0 saturated carbocycles. The molecule has 2 aromatic carbocycles. The summed E-state index contributed by atoms with van der Waals surface area (Å²) in [7, 11) is -3.97. The Labute approximate surface area is 201 Å². The number of nitrogens with zero attached hydrogens (tertiary/aromatic N) is 1. The number of hydrogen-bond donors (Lipinski definition) is 2. The van der Waals surface area contributed by atoms with E-state index in [1.807, 2.05) is 13.0 Å². The molecule has 2 atom stereocenters. The van der Waals surface area contributed by atoms with Crippen molar-refractivity contribution in [2.75, 3.05) is 26.2 Å². The molecule has 1 fully saturated rings. The molecule has 1 aliphatic heterocycles. The molecule has 0 radical (unpaired) electrons. The maximum atomic E-state index is 13.7. The number of carbonyl (C=O) groups is 1. The van der Waals surface area contributed by atoms with Crippen LogP contribution in [0.3, 0.4) is 0 Å². The smallest absolute Gasteiger partial charge is 0.481 e. The van der Waals surface area contributed by atoms with Crippen molar-refractivity contribution >= 4 is 16.0 Å². The van der Waals surface area contributed by atoms with Crippen LogP contribution in [-0.2, 0) is 27.7 Å². The molecule has 2 N–H and O–H groups in total. The molecular formula is C24H27F3N2O5S. The van der Waals surface area contributed by atoms with Gasteiger partial charge in [0, 0.05) is 26.2 Å². The molecule has 1 saturated heterocycles. The zero-order valence-electron chi connectivity index (χ0n) is 19.4. The molecule has 0 bridgehead atoms. The fourth-order valence-electron chi connectivity index (χ4n) is 5.09. The molecule has 190 valence electrons. The first-order valence-electron chi connectivity index (χ1n) is 11.2. The number of sulfonamides is 1. The lowest BCUT2D eigenvalue weighted by molar-refractivity contribution is -0.274. The molecule has 2 aliphatic rings. The highest BCUT2D eigenvalue weighted by molar-refractivity contribution is 7.89. The number of aliphatic carboxylic acids is 1. The number of halogens is 3. The average Bonchev–Trinajstić information content (AvgIpc) is 3.09. The van der Waals surface area contributed by atoms with Gasteiger partial charge in [0.25, 0.3) is 0 Å². The Morgan fingerprint density at radius 1 is 1.20 bits per heavy atom. The van der Waals surface area contributed by atoms with Crippen LogP contribution in [0.2, 0.25) is 0 Å². The van der Waals surface area contributed by atoms with Crippen molar-refractivity contribution in [3.8, 4) is 5.75 Å². The maximum absolute atomic E-state index is 13.7. The van der Waals surface area contributed by atoms with E-state index in [0.717, 1.165) is 11.1 Å². The molecule has 11 heteroatoms. The van der Waals surface area contributed by atoms with Gasteiger partial charge < -0.3 is 15.2 Å². The van der Waals surface area contributed by atoms with Crippen LogP contribution in [0.4, 0.5) is 13.2 Å². The molecule has 4 rings (SSSR count). The van der Waals surface area contributed by atoms with Gasteiger partial charge in [0.15, 0.2) is 0 Å². The van der Waals surface area contributed by atoms with Gasteiger partial charge >= 0.3 is 12.3 Å². The summed E-state index contributed by atoms with van der Waals surface area (Å²) in [5, 5.41) is 12.0. The normalized spacial score (nSPS) is 23.2. The number of fused-ring (bicyclic) bond motifs is 1. The number of alkyl halides is 3. The largest absolute Gasteiger partial charge is 0.573 e. The Hall–Kier alpha value is -2.63. The summed E-state index contributed by atoms with van der Waals surface area (Å²) in [4.78, 5) is 12.4. The van der Waals surface area contributed by atoms with Gasteiger partial charge in [-0.1, -0.05) is 29.8 Å². The van der Waals surface area contributed by atoms with E-state index in [4.69, 9.17) is 0 Å². The van der Waals surface area contributed by atoms with Crippen LogP contribution < -0.4 is 10.1 Å². The minimum absolute atomic E-state index is 0.0402. The SMILES string of the molecule is Cc1cc(Cc2ccc(OC(F)(F)F)cc2)c2c(c1)C(S(=O)(=O)N1CCNCC1)C(C)(C(=O)O)C2. The van der Waals surface area contributed by atoms with Crippen molar-refractivity contribution in [2.45, 2.75) is 38.3 Å². The quantitative estimate of drug-likeness (QED) is 0.616. The van der Waals surface area contributed by atoms with E-state index >= 15 is 0 Å². The minimum Gasteiger partial charge on any atom is -0.481 e. The number of piperazine rings is 1. The van der Waals surface area contributed by atoms with E-state index in [1.165, 1.54) is 35.5 Å². The third-order valence-electron chi connectivity index (χ3n) is 6.70. The molecule has 7 nitrogen and oxygen atoms in total. The second-order valence-corrected chi connectivity index (χ2v) is 11.4. The number of hydrogen-bond acceptors (Lipinski definition) is 5. The number of ether oxygens (including phenoxy) is 1. The molecule has 2 unspecified atom stereocenters. The first-order valence-corrected chi connectivity index (χ1v) is 12.7. The van der Waals surface area contributed by atoms with Gasteiger partial charge in [-0.3, -0.25) is 4.79 Å². The van der Waals surface area contributed by atoms with Crippen LogP contribution in [0.25, 0.3) is 0 Å². The van der Waals surface area contributed by atoms with Crippen LogP contribution >= 0.6 is 0 Å². The van der Waals surface area contributed by atoms with E-state index in [1.54, 1.807) is 6.07 Å². The van der Waals surface area contributed by atoms with Gasteiger partial charge in [-0.2, -0.15) is 4.31 Å². The molecule has 35 heavy (non-hydrogen) atoms. The number of carboxylic acid groups (broad SMARTS) is 1. The Bertz CT molecular complexity index is 1220. The third-order valence-corrected chi connectivity index (χ3v) is 9.15. The Morgan fingerprint density at radius 2 is 1.83 bits per heavy atom. The van der Waals surface area contributed by atoms with Crippen molar-refractivity contribution in [1.82, 2.24) is 9.62 Å². The third kappa shape index (κ3) is 5.03. The van der Waals surface area contributed by atoms with E-state index in [2.05, 4.69) is 10.1 Å². The van der Waals surface area contributed by atoms with E-state index in [-0.39, 0.29) is 25.3 Å². The Morgan fingerprint density at radius 3 is 2.40 bits per heavy atom. The predicted molar refractivity (Wildman–Crippen MR) is 123 cm³/mol. The van der Waals surface area contributed by atoms with Crippen LogP contribution in [0, 0.1) is 12.3 Å². The van der Waals surface area contributed by atoms with Gasteiger partial charge in [-0.05, 0) is 61.1 Å². The number of nitrogens with one attached hydrogen (secondary N) is 1. The number of benzene rings is 2. The number of aryl methyl sites for hydroxylation is 1. The summed E-state index contributed by atoms with van der Waals surface area (Å²) in [5.41, 5.74) is 1.83. The number of carboxylic acids is 1. The molecule has 1 aliphatic carbocycles. The van der Waals surface area contributed by atoms with Crippen LogP contribution in [-0.4, -0.2) is 56.3 Å². The van der Waals surface area contributed by atoms with E-state index in [0.29, 0.717) is 36.2 Å². The second-order valence-electron chi connectivity index (χ2n) is 9.33. The van der Waals surface area contributed by atoms with Gasteiger partial charge in [0.05, 0.1) is 5.41 Å². The van der Waals surface area contributed by atoms with E-state index in [9.17, 15) is 31.5 Å². The highest BCUT2D eigenvalue weighted by Gasteiger charge is 2.56. The Balaban J connectivity index is 1.73. The van der Waals surface area contributed by atoms with Gasteiger partial charge in [0.1, 0.15) is 11.0 Å². The lowest BCUT2D eigenvalue weighted by Crippen LogP contribution is -2.50. The zero-order valence-corrected chi connectivity index (χ0v) is 20.2. The van der Waals surface area contributed by atoms with Crippen LogP contribution in [0.15, 0.2) is 36.4 Å².